The minimum absolute atomic E-state index is 0.0256. The first-order chi connectivity index (χ1) is 15.7. The monoisotopic (exact) mass is 490 g/mol. The van der Waals surface area contributed by atoms with E-state index in [1.165, 1.54) is 23.0 Å². The van der Waals surface area contributed by atoms with Gasteiger partial charge in [0, 0.05) is 24.7 Å². The molecule has 0 spiro atoms. The maximum atomic E-state index is 13.2. The second-order valence-electron chi connectivity index (χ2n) is 7.25. The highest BCUT2D eigenvalue weighted by Gasteiger charge is 2.30. The Morgan fingerprint density at radius 3 is 2.79 bits per heavy atom. The van der Waals surface area contributed by atoms with Gasteiger partial charge in [-0.1, -0.05) is 11.6 Å². The molecule has 1 aliphatic rings. The molecular formula is C20H19ClN6O5S. The third kappa shape index (κ3) is 4.52. The molecule has 4 rings (SSSR count). The van der Waals surface area contributed by atoms with Crippen molar-refractivity contribution in [2.24, 2.45) is 7.05 Å². The highest BCUT2D eigenvalue weighted by molar-refractivity contribution is 7.90. The smallest absolute Gasteiger partial charge is 0.272 e. The van der Waals surface area contributed by atoms with E-state index in [-0.39, 0.29) is 34.1 Å². The number of rotatable bonds is 6. The van der Waals surface area contributed by atoms with Gasteiger partial charge in [-0.25, -0.2) is 13.1 Å². The third-order valence-electron chi connectivity index (χ3n) is 5.06. The van der Waals surface area contributed by atoms with Crippen LogP contribution in [0.15, 0.2) is 35.4 Å². The minimum atomic E-state index is -4.35. The van der Waals surface area contributed by atoms with Gasteiger partial charge in [0.2, 0.25) is 0 Å². The molecule has 1 aliphatic heterocycles. The molecule has 0 aliphatic carbocycles. The van der Waals surface area contributed by atoms with Crippen LogP contribution in [0.4, 0.5) is 0 Å². The predicted molar refractivity (Wildman–Crippen MR) is 116 cm³/mol. The van der Waals surface area contributed by atoms with Gasteiger partial charge in [-0.15, -0.1) is 5.10 Å². The Hall–Kier alpha value is -3.51. The summed E-state index contributed by atoms with van der Waals surface area (Å²) in [5.41, 5.74) is 1.16. The van der Waals surface area contributed by atoms with Crippen molar-refractivity contribution in [3.63, 3.8) is 0 Å². The fraction of sp³-hybridized carbons (Fsp3) is 0.250. The number of amides is 2. The number of halogens is 1. The molecule has 0 saturated carbocycles. The van der Waals surface area contributed by atoms with Crippen LogP contribution in [0.1, 0.15) is 37.8 Å². The number of hydrogen-bond donors (Lipinski definition) is 2. The second-order valence-corrected chi connectivity index (χ2v) is 9.31. The Morgan fingerprint density at radius 1 is 1.27 bits per heavy atom. The molecule has 3 aromatic rings. The fourth-order valence-corrected chi connectivity index (χ4v) is 5.11. The summed E-state index contributed by atoms with van der Waals surface area (Å²) in [7, 11) is -2.79. The molecular weight excluding hydrogens is 472 g/mol. The molecule has 3 heterocycles. The molecule has 13 heteroatoms. The van der Waals surface area contributed by atoms with Gasteiger partial charge in [-0.05, 0) is 36.8 Å². The lowest BCUT2D eigenvalue weighted by molar-refractivity contribution is 0.0941. The first-order valence-corrected chi connectivity index (χ1v) is 11.6. The molecule has 33 heavy (non-hydrogen) atoms. The number of benzene rings is 1. The summed E-state index contributed by atoms with van der Waals surface area (Å²) in [4.78, 5) is 25.0. The Labute approximate surface area is 194 Å². The maximum Gasteiger partial charge on any atom is 0.272 e. The van der Waals surface area contributed by atoms with E-state index in [1.807, 2.05) is 0 Å². The number of ether oxygens (including phenoxy) is 1. The second kappa shape index (κ2) is 8.79. The van der Waals surface area contributed by atoms with Crippen LogP contribution < -0.4 is 14.8 Å². The van der Waals surface area contributed by atoms with Crippen molar-refractivity contribution in [2.45, 2.75) is 24.8 Å². The molecule has 0 saturated heterocycles. The van der Waals surface area contributed by atoms with Crippen molar-refractivity contribution in [3.8, 4) is 5.75 Å². The topological polar surface area (TPSA) is 145 Å². The Balaban J connectivity index is 1.59. The van der Waals surface area contributed by atoms with E-state index in [2.05, 4.69) is 25.3 Å². The van der Waals surface area contributed by atoms with Gasteiger partial charge >= 0.3 is 0 Å². The number of nitrogens with zero attached hydrogens (tertiary/aromatic N) is 4. The number of aryl methyl sites for hydroxylation is 1. The third-order valence-corrected chi connectivity index (χ3v) is 6.80. The van der Waals surface area contributed by atoms with E-state index in [4.69, 9.17) is 16.3 Å². The van der Waals surface area contributed by atoms with Crippen molar-refractivity contribution in [2.75, 3.05) is 6.61 Å². The quantitative estimate of drug-likeness (QED) is 0.523. The van der Waals surface area contributed by atoms with Gasteiger partial charge in [-0.2, -0.15) is 10.2 Å². The van der Waals surface area contributed by atoms with Crippen LogP contribution in [-0.2, 0) is 30.0 Å². The highest BCUT2D eigenvalue weighted by atomic mass is 35.5. The van der Waals surface area contributed by atoms with Crippen molar-refractivity contribution in [1.82, 2.24) is 30.0 Å². The molecule has 0 unspecified atom stereocenters. The number of fused-ring (bicyclic) bond motifs is 1. The molecule has 0 bridgehead atoms. The summed E-state index contributed by atoms with van der Waals surface area (Å²) in [6, 6.07) is 6.05. The Kier molecular flexibility index (Phi) is 6.04. The van der Waals surface area contributed by atoms with Gasteiger partial charge in [0.1, 0.15) is 16.3 Å². The SMILES string of the molecule is Cc1c(S(=O)(=O)NC(=O)c2cc(Cl)cc3c2OCC3)c(CNC(=O)c2cccnn2)nn1C. The molecule has 0 radical (unpaired) electrons. The summed E-state index contributed by atoms with van der Waals surface area (Å²) in [5.74, 6) is -1.12. The Morgan fingerprint density at radius 2 is 2.06 bits per heavy atom. The maximum absolute atomic E-state index is 13.2. The zero-order valence-corrected chi connectivity index (χ0v) is 19.2. The number of hydrogen-bond acceptors (Lipinski definition) is 8. The molecule has 2 N–H and O–H groups in total. The molecule has 172 valence electrons. The normalized spacial score (nSPS) is 12.7. The van der Waals surface area contributed by atoms with Crippen LogP contribution in [0.2, 0.25) is 5.02 Å². The molecule has 0 fully saturated rings. The first-order valence-electron chi connectivity index (χ1n) is 9.78. The van der Waals surface area contributed by atoms with E-state index in [1.54, 1.807) is 26.1 Å². The largest absolute Gasteiger partial charge is 0.492 e. The number of sulfonamides is 1. The lowest BCUT2D eigenvalue weighted by atomic mass is 10.1. The minimum Gasteiger partial charge on any atom is -0.492 e. The summed E-state index contributed by atoms with van der Waals surface area (Å²) in [6.45, 7) is 1.71. The van der Waals surface area contributed by atoms with Gasteiger partial charge < -0.3 is 10.1 Å². The molecule has 11 nitrogen and oxygen atoms in total. The van der Waals surface area contributed by atoms with Crippen LogP contribution >= 0.6 is 11.6 Å². The van der Waals surface area contributed by atoms with Crippen molar-refractivity contribution in [1.29, 1.82) is 0 Å². The molecule has 0 atom stereocenters. The van der Waals surface area contributed by atoms with Gasteiger partial charge in [0.15, 0.2) is 5.69 Å². The predicted octanol–water partition coefficient (Wildman–Crippen LogP) is 1.16. The zero-order chi connectivity index (χ0) is 23.8. The van der Waals surface area contributed by atoms with E-state index in [9.17, 15) is 18.0 Å². The highest BCUT2D eigenvalue weighted by Crippen LogP contribution is 2.33. The van der Waals surface area contributed by atoms with Crippen LogP contribution in [-0.4, -0.2) is 46.8 Å². The average molecular weight is 491 g/mol. The Bertz CT molecular complexity index is 1360. The lowest BCUT2D eigenvalue weighted by Gasteiger charge is -2.11. The van der Waals surface area contributed by atoms with Crippen LogP contribution in [0.3, 0.4) is 0 Å². The van der Waals surface area contributed by atoms with Crippen molar-refractivity contribution < 1.29 is 22.7 Å². The zero-order valence-electron chi connectivity index (χ0n) is 17.6. The van der Waals surface area contributed by atoms with Crippen LogP contribution in [0, 0.1) is 6.92 Å². The fourth-order valence-electron chi connectivity index (χ4n) is 3.47. The van der Waals surface area contributed by atoms with E-state index < -0.39 is 21.8 Å². The average Bonchev–Trinajstić information content (AvgIpc) is 3.35. The number of carbonyl (C=O) groups is 2. The standard InChI is InChI=1S/C20H19ClN6O5S/c1-11-18(16(25-27(11)2)10-22-20(29)15-4-3-6-23-24-15)33(30,31)26-19(28)14-9-13(21)8-12-5-7-32-17(12)14/h3-4,6,8-9H,5,7,10H2,1-2H3,(H,22,29)(H,26,28). The van der Waals surface area contributed by atoms with Gasteiger partial charge in [0.05, 0.1) is 24.4 Å². The summed E-state index contributed by atoms with van der Waals surface area (Å²) < 4.78 is 35.3. The van der Waals surface area contributed by atoms with Crippen molar-refractivity contribution >= 4 is 33.4 Å². The molecule has 2 aromatic heterocycles. The summed E-state index contributed by atoms with van der Waals surface area (Å²) in [6.07, 6.45) is 1.99. The lowest BCUT2D eigenvalue weighted by Crippen LogP contribution is -2.32. The first kappa shape index (κ1) is 22.7. The van der Waals surface area contributed by atoms with E-state index in [0.717, 1.165) is 5.56 Å². The number of carbonyl (C=O) groups excluding carboxylic acids is 2. The van der Waals surface area contributed by atoms with Crippen molar-refractivity contribution in [3.05, 3.63) is 63.7 Å². The van der Waals surface area contributed by atoms with Gasteiger partial charge in [-0.3, -0.25) is 14.3 Å². The van der Waals surface area contributed by atoms with Gasteiger partial charge in [0.25, 0.3) is 21.8 Å². The number of aromatic nitrogens is 4. The van der Waals surface area contributed by atoms with E-state index >= 15 is 0 Å². The van der Waals surface area contributed by atoms with E-state index in [0.29, 0.717) is 23.8 Å². The molecule has 2 amide bonds. The van der Waals surface area contributed by atoms with Crippen LogP contribution in [0.5, 0.6) is 5.75 Å². The molecule has 1 aromatic carbocycles. The number of nitrogens with one attached hydrogen (secondary N) is 2. The van der Waals surface area contributed by atoms with Crippen LogP contribution in [0.25, 0.3) is 0 Å². The summed E-state index contributed by atoms with van der Waals surface area (Å²) in [5, 5.41) is 14.4. The summed E-state index contributed by atoms with van der Waals surface area (Å²) >= 11 is 6.09.